The molecule has 0 aliphatic heterocycles. The Hall–Kier alpha value is -1.17. The lowest BCUT2D eigenvalue weighted by atomic mass is 10.1. The third kappa shape index (κ3) is 3.83. The summed E-state index contributed by atoms with van der Waals surface area (Å²) in [7, 11) is 1.73. The number of halogens is 1. The number of hydrogen-bond acceptors (Lipinski definition) is 4. The second kappa shape index (κ2) is 6.34. The number of nitrogens with zero attached hydrogens (tertiary/aromatic N) is 1. The summed E-state index contributed by atoms with van der Waals surface area (Å²) in [6, 6.07) is 5.88. The maximum atomic E-state index is 10.3. The number of rotatable bonds is 4. The first kappa shape index (κ1) is 13.8. The van der Waals surface area contributed by atoms with E-state index in [4.69, 9.17) is 0 Å². The quantitative estimate of drug-likeness (QED) is 0.606. The molecule has 0 fully saturated rings. The molecule has 0 aromatic heterocycles. The summed E-state index contributed by atoms with van der Waals surface area (Å²) in [5, 5.41) is 22.7. The molecule has 0 bridgehead atoms. The average Bonchev–Trinajstić information content (AvgIpc) is 2.18. The Balaban J connectivity index is 0.00000196. The molecule has 2 N–H and O–H groups in total. The molecule has 1 rings (SSSR count). The Morgan fingerprint density at radius 1 is 1.47 bits per heavy atom. The lowest BCUT2D eigenvalue weighted by molar-refractivity contribution is -0.384. The van der Waals surface area contributed by atoms with E-state index in [1.807, 2.05) is 0 Å². The van der Waals surface area contributed by atoms with E-state index < -0.39 is 11.0 Å². The highest BCUT2D eigenvalue weighted by Crippen LogP contribution is 2.16. The first-order valence-electron chi connectivity index (χ1n) is 4.22. The van der Waals surface area contributed by atoms with E-state index in [2.05, 4.69) is 5.32 Å². The van der Waals surface area contributed by atoms with Crippen LogP contribution in [-0.4, -0.2) is 23.6 Å². The monoisotopic (exact) mass is 232 g/mol. The second-order valence-corrected chi connectivity index (χ2v) is 2.92. The van der Waals surface area contributed by atoms with E-state index in [1.54, 1.807) is 19.2 Å². The number of non-ortho nitro benzene ring substituents is 1. The van der Waals surface area contributed by atoms with Gasteiger partial charge in [0, 0.05) is 18.7 Å². The van der Waals surface area contributed by atoms with Crippen LogP contribution in [0, 0.1) is 10.1 Å². The minimum absolute atomic E-state index is 0. The van der Waals surface area contributed by atoms with Gasteiger partial charge in [-0.1, -0.05) is 0 Å². The number of benzene rings is 1. The van der Waals surface area contributed by atoms with E-state index in [1.165, 1.54) is 12.1 Å². The topological polar surface area (TPSA) is 75.4 Å². The lowest BCUT2D eigenvalue weighted by Gasteiger charge is -2.09. The zero-order chi connectivity index (χ0) is 10.6. The van der Waals surface area contributed by atoms with Crippen molar-refractivity contribution in [3.8, 4) is 0 Å². The number of aliphatic hydroxyl groups excluding tert-OH is 1. The first-order chi connectivity index (χ1) is 6.65. The summed E-state index contributed by atoms with van der Waals surface area (Å²) < 4.78 is 0. The predicted molar refractivity (Wildman–Crippen MR) is 59.2 cm³/mol. The van der Waals surface area contributed by atoms with Crippen LogP contribution in [0.2, 0.25) is 0 Å². The van der Waals surface area contributed by atoms with Crippen LogP contribution in [0.25, 0.3) is 0 Å². The van der Waals surface area contributed by atoms with Gasteiger partial charge in [0.15, 0.2) is 0 Å². The van der Waals surface area contributed by atoms with Crippen molar-refractivity contribution in [3.63, 3.8) is 0 Å². The molecule has 15 heavy (non-hydrogen) atoms. The molecule has 6 heteroatoms. The normalized spacial score (nSPS) is 11.6. The van der Waals surface area contributed by atoms with Gasteiger partial charge in [0.1, 0.15) is 0 Å². The molecule has 1 aromatic carbocycles. The van der Waals surface area contributed by atoms with Gasteiger partial charge in [-0.2, -0.15) is 0 Å². The highest BCUT2D eigenvalue weighted by molar-refractivity contribution is 5.85. The minimum atomic E-state index is -0.624. The maximum Gasteiger partial charge on any atom is 0.269 e. The largest absolute Gasteiger partial charge is 0.387 e. The summed E-state index contributed by atoms with van der Waals surface area (Å²) in [5.41, 5.74) is 0.704. The van der Waals surface area contributed by atoms with Gasteiger partial charge in [-0.15, -0.1) is 12.4 Å². The molecule has 1 aromatic rings. The van der Waals surface area contributed by atoms with Crippen molar-refractivity contribution >= 4 is 18.1 Å². The van der Waals surface area contributed by atoms with Crippen LogP contribution in [0.15, 0.2) is 24.3 Å². The Morgan fingerprint density at radius 3 is 2.40 bits per heavy atom. The van der Waals surface area contributed by atoms with Crippen molar-refractivity contribution in [2.45, 2.75) is 6.10 Å². The van der Waals surface area contributed by atoms with Crippen LogP contribution in [0.5, 0.6) is 0 Å². The SMILES string of the molecule is CNCC(O)c1ccc([N+](=O)[O-])cc1.Cl. The van der Waals surface area contributed by atoms with Crippen molar-refractivity contribution in [3.05, 3.63) is 39.9 Å². The predicted octanol–water partition coefficient (Wildman–Crippen LogP) is 1.27. The smallest absolute Gasteiger partial charge is 0.269 e. The lowest BCUT2D eigenvalue weighted by Crippen LogP contribution is -2.16. The third-order valence-electron chi connectivity index (χ3n) is 1.89. The van der Waals surface area contributed by atoms with Crippen LogP contribution in [-0.2, 0) is 0 Å². The van der Waals surface area contributed by atoms with Crippen molar-refractivity contribution < 1.29 is 10.0 Å². The number of nitrogens with one attached hydrogen (secondary N) is 1. The van der Waals surface area contributed by atoms with E-state index in [9.17, 15) is 15.2 Å². The molecule has 5 nitrogen and oxygen atoms in total. The molecule has 0 saturated carbocycles. The van der Waals surface area contributed by atoms with Gasteiger partial charge in [-0.05, 0) is 24.7 Å². The van der Waals surface area contributed by atoms with Gasteiger partial charge in [0.05, 0.1) is 11.0 Å². The molecule has 0 aliphatic carbocycles. The second-order valence-electron chi connectivity index (χ2n) is 2.92. The van der Waals surface area contributed by atoms with Crippen molar-refractivity contribution in [2.75, 3.05) is 13.6 Å². The number of likely N-dealkylation sites (N-methyl/N-ethyl adjacent to an activating group) is 1. The molecule has 0 heterocycles. The van der Waals surface area contributed by atoms with E-state index in [-0.39, 0.29) is 18.1 Å². The van der Waals surface area contributed by atoms with Gasteiger partial charge < -0.3 is 10.4 Å². The van der Waals surface area contributed by atoms with Gasteiger partial charge in [0.2, 0.25) is 0 Å². The average molecular weight is 233 g/mol. The Kier molecular flexibility index (Phi) is 5.84. The summed E-state index contributed by atoms with van der Waals surface area (Å²) in [6.45, 7) is 0.428. The number of aliphatic hydroxyl groups is 1. The third-order valence-corrected chi connectivity index (χ3v) is 1.89. The molecule has 0 spiro atoms. The van der Waals surface area contributed by atoms with Gasteiger partial charge in [-0.3, -0.25) is 10.1 Å². The molecule has 0 saturated heterocycles. The van der Waals surface area contributed by atoms with E-state index in [0.29, 0.717) is 12.1 Å². The van der Waals surface area contributed by atoms with Crippen LogP contribution >= 0.6 is 12.4 Å². The molecule has 0 radical (unpaired) electrons. The Bertz CT molecular complexity index is 316. The molecule has 0 aliphatic rings. The molecular weight excluding hydrogens is 220 g/mol. The van der Waals surface area contributed by atoms with E-state index >= 15 is 0 Å². The number of hydrogen-bond donors (Lipinski definition) is 2. The fraction of sp³-hybridized carbons (Fsp3) is 0.333. The zero-order valence-corrected chi connectivity index (χ0v) is 9.03. The highest BCUT2D eigenvalue weighted by atomic mass is 35.5. The van der Waals surface area contributed by atoms with Crippen LogP contribution < -0.4 is 5.32 Å². The van der Waals surface area contributed by atoms with Gasteiger partial charge >= 0.3 is 0 Å². The Morgan fingerprint density at radius 2 is 2.00 bits per heavy atom. The fourth-order valence-corrected chi connectivity index (χ4v) is 1.13. The standard InChI is InChI=1S/C9H12N2O3.ClH/c1-10-6-9(12)7-2-4-8(5-3-7)11(13)14;/h2-5,9-10,12H,6H2,1H3;1H. The minimum Gasteiger partial charge on any atom is -0.387 e. The highest BCUT2D eigenvalue weighted by Gasteiger charge is 2.08. The number of nitro groups is 1. The summed E-state index contributed by atoms with van der Waals surface area (Å²) in [4.78, 5) is 9.87. The Labute approximate surface area is 93.7 Å². The molecular formula is C9H13ClN2O3. The van der Waals surface area contributed by atoms with Crippen molar-refractivity contribution in [2.24, 2.45) is 0 Å². The number of nitro benzene ring substituents is 1. The molecule has 84 valence electrons. The summed E-state index contributed by atoms with van der Waals surface area (Å²) in [5.74, 6) is 0. The van der Waals surface area contributed by atoms with Gasteiger partial charge in [-0.25, -0.2) is 0 Å². The maximum absolute atomic E-state index is 10.3. The molecule has 1 unspecified atom stereocenters. The van der Waals surface area contributed by atoms with Gasteiger partial charge in [0.25, 0.3) is 5.69 Å². The van der Waals surface area contributed by atoms with E-state index in [0.717, 1.165) is 0 Å². The fourth-order valence-electron chi connectivity index (χ4n) is 1.13. The molecule has 1 atom stereocenters. The van der Waals surface area contributed by atoms with Crippen LogP contribution in [0.3, 0.4) is 0 Å². The van der Waals surface area contributed by atoms with Crippen molar-refractivity contribution in [1.82, 2.24) is 5.32 Å². The van der Waals surface area contributed by atoms with Crippen LogP contribution in [0.4, 0.5) is 5.69 Å². The summed E-state index contributed by atoms with van der Waals surface area (Å²) >= 11 is 0. The summed E-state index contributed by atoms with van der Waals surface area (Å²) in [6.07, 6.45) is -0.624. The van der Waals surface area contributed by atoms with Crippen molar-refractivity contribution in [1.29, 1.82) is 0 Å². The van der Waals surface area contributed by atoms with Crippen LogP contribution in [0.1, 0.15) is 11.7 Å². The first-order valence-corrected chi connectivity index (χ1v) is 4.22. The zero-order valence-electron chi connectivity index (χ0n) is 8.21. The molecule has 0 amide bonds.